The van der Waals surface area contributed by atoms with Crippen LogP contribution < -0.4 is 0 Å². The molecule has 3 rings (SSSR count). The van der Waals surface area contributed by atoms with Crippen molar-refractivity contribution in [2.75, 3.05) is 26.2 Å². The summed E-state index contributed by atoms with van der Waals surface area (Å²) in [7, 11) is 0. The lowest BCUT2D eigenvalue weighted by Crippen LogP contribution is -2.52. The van der Waals surface area contributed by atoms with Crippen LogP contribution in [-0.2, 0) is 11.3 Å². The fourth-order valence-corrected chi connectivity index (χ4v) is 2.74. The molecule has 1 amide bonds. The monoisotopic (exact) mass is 353 g/mol. The topological polar surface area (TPSA) is 49.6 Å². The van der Waals surface area contributed by atoms with Crippen molar-refractivity contribution in [3.8, 4) is 11.3 Å². The molecule has 8 heteroatoms. The Labute approximate surface area is 143 Å². The minimum absolute atomic E-state index is 0.0529. The summed E-state index contributed by atoms with van der Waals surface area (Å²) in [4.78, 5) is 14.5. The Hall–Kier alpha value is -2.35. The van der Waals surface area contributed by atoms with E-state index in [-0.39, 0.29) is 13.1 Å². The zero-order valence-corrected chi connectivity index (χ0v) is 13.7. The molecule has 1 aromatic heterocycles. The molecule has 0 atom stereocenters. The van der Waals surface area contributed by atoms with E-state index in [4.69, 9.17) is 4.52 Å². The number of hydrogen-bond acceptors (Lipinski definition) is 4. The van der Waals surface area contributed by atoms with E-state index in [1.807, 2.05) is 31.2 Å². The van der Waals surface area contributed by atoms with Gasteiger partial charge in [0.25, 0.3) is 0 Å². The van der Waals surface area contributed by atoms with Gasteiger partial charge in [-0.15, -0.1) is 0 Å². The molecule has 1 aliphatic heterocycles. The van der Waals surface area contributed by atoms with Crippen molar-refractivity contribution in [1.82, 2.24) is 15.0 Å². The van der Waals surface area contributed by atoms with E-state index < -0.39 is 18.6 Å². The molecule has 2 aromatic rings. The van der Waals surface area contributed by atoms with Gasteiger partial charge in [0.1, 0.15) is 12.2 Å². The molecule has 1 saturated heterocycles. The number of benzene rings is 1. The highest BCUT2D eigenvalue weighted by atomic mass is 19.4. The molecule has 0 N–H and O–H groups in total. The third-order valence-corrected chi connectivity index (χ3v) is 4.05. The molecule has 1 aromatic carbocycles. The molecule has 1 fully saturated rings. The van der Waals surface area contributed by atoms with Crippen molar-refractivity contribution in [3.63, 3.8) is 0 Å². The van der Waals surface area contributed by atoms with Crippen LogP contribution in [0.15, 0.2) is 34.9 Å². The van der Waals surface area contributed by atoms with Gasteiger partial charge in [-0.1, -0.05) is 35.0 Å². The lowest BCUT2D eigenvalue weighted by Gasteiger charge is -2.34. The molecule has 134 valence electrons. The summed E-state index contributed by atoms with van der Waals surface area (Å²) in [6, 6.07) is 9.62. The van der Waals surface area contributed by atoms with Gasteiger partial charge in [-0.2, -0.15) is 13.2 Å². The van der Waals surface area contributed by atoms with Crippen molar-refractivity contribution in [3.05, 3.63) is 41.7 Å². The van der Waals surface area contributed by atoms with E-state index in [0.717, 1.165) is 16.0 Å². The van der Waals surface area contributed by atoms with Gasteiger partial charge in [0.05, 0.1) is 13.1 Å². The van der Waals surface area contributed by atoms with Crippen LogP contribution in [0.3, 0.4) is 0 Å². The molecular formula is C17H18F3N3O2. The molecule has 25 heavy (non-hydrogen) atoms. The SMILES string of the molecule is Cc1ccc(-c2cc(CN3CCN(CC(F)(F)F)C(=O)C3)on2)cc1. The quantitative estimate of drug-likeness (QED) is 0.848. The second kappa shape index (κ2) is 6.87. The molecule has 0 spiro atoms. The first kappa shape index (κ1) is 17.5. The summed E-state index contributed by atoms with van der Waals surface area (Å²) in [6.07, 6.45) is -4.37. The van der Waals surface area contributed by atoms with Gasteiger partial charge in [0.15, 0.2) is 5.76 Å². The maximum Gasteiger partial charge on any atom is 0.406 e. The summed E-state index contributed by atoms with van der Waals surface area (Å²) in [5, 5.41) is 4.02. The molecule has 1 aliphatic rings. The molecule has 0 saturated carbocycles. The predicted octanol–water partition coefficient (Wildman–Crippen LogP) is 2.86. The Morgan fingerprint density at radius 2 is 1.92 bits per heavy atom. The lowest BCUT2D eigenvalue weighted by molar-refractivity contribution is -0.165. The average Bonchev–Trinajstić information content (AvgIpc) is 2.98. The van der Waals surface area contributed by atoms with Crippen LogP contribution in [0, 0.1) is 6.92 Å². The lowest BCUT2D eigenvalue weighted by atomic mass is 10.1. The summed E-state index contributed by atoms with van der Waals surface area (Å²) in [6.45, 7) is 1.49. The third-order valence-electron chi connectivity index (χ3n) is 4.05. The molecule has 0 unspecified atom stereocenters. The Morgan fingerprint density at radius 1 is 1.20 bits per heavy atom. The summed E-state index contributed by atoms with van der Waals surface area (Å²) in [5.41, 5.74) is 2.76. The van der Waals surface area contributed by atoms with Gasteiger partial charge in [0, 0.05) is 24.7 Å². The van der Waals surface area contributed by atoms with E-state index in [1.165, 1.54) is 0 Å². The molecule has 2 heterocycles. The first-order valence-corrected chi connectivity index (χ1v) is 7.90. The van der Waals surface area contributed by atoms with Crippen LogP contribution >= 0.6 is 0 Å². The van der Waals surface area contributed by atoms with Gasteiger partial charge in [-0.25, -0.2) is 0 Å². The zero-order valence-electron chi connectivity index (χ0n) is 13.7. The van der Waals surface area contributed by atoms with Crippen LogP contribution in [0.2, 0.25) is 0 Å². The second-order valence-corrected chi connectivity index (χ2v) is 6.19. The summed E-state index contributed by atoms with van der Waals surface area (Å²) < 4.78 is 42.5. The Balaban J connectivity index is 1.59. The highest BCUT2D eigenvalue weighted by Crippen LogP contribution is 2.22. The minimum atomic E-state index is -4.37. The number of piperazine rings is 1. The average molecular weight is 353 g/mol. The van der Waals surface area contributed by atoms with Gasteiger partial charge >= 0.3 is 6.18 Å². The van der Waals surface area contributed by atoms with E-state index in [2.05, 4.69) is 5.16 Å². The fraction of sp³-hybridized carbons (Fsp3) is 0.412. The number of hydrogen-bond donors (Lipinski definition) is 0. The number of carbonyl (C=O) groups is 1. The highest BCUT2D eigenvalue weighted by Gasteiger charge is 2.35. The van der Waals surface area contributed by atoms with E-state index in [0.29, 0.717) is 24.5 Å². The predicted molar refractivity (Wildman–Crippen MR) is 84.6 cm³/mol. The van der Waals surface area contributed by atoms with Crippen LogP contribution in [0.25, 0.3) is 11.3 Å². The number of aromatic nitrogens is 1. The first-order valence-electron chi connectivity index (χ1n) is 7.90. The van der Waals surface area contributed by atoms with Crippen molar-refractivity contribution >= 4 is 5.91 Å². The van der Waals surface area contributed by atoms with E-state index in [1.54, 1.807) is 11.0 Å². The Kier molecular flexibility index (Phi) is 4.80. The van der Waals surface area contributed by atoms with Crippen LogP contribution in [0.5, 0.6) is 0 Å². The summed E-state index contributed by atoms with van der Waals surface area (Å²) in [5.74, 6) is 0.0505. The highest BCUT2D eigenvalue weighted by molar-refractivity contribution is 5.79. The van der Waals surface area contributed by atoms with Gasteiger partial charge < -0.3 is 9.42 Å². The second-order valence-electron chi connectivity index (χ2n) is 6.19. The van der Waals surface area contributed by atoms with E-state index in [9.17, 15) is 18.0 Å². The molecule has 0 aliphatic carbocycles. The first-order chi connectivity index (χ1) is 11.8. The summed E-state index contributed by atoms with van der Waals surface area (Å²) >= 11 is 0. The zero-order chi connectivity index (χ0) is 18.0. The van der Waals surface area contributed by atoms with Gasteiger partial charge in [-0.05, 0) is 6.92 Å². The van der Waals surface area contributed by atoms with Gasteiger partial charge in [0.2, 0.25) is 5.91 Å². The number of halogens is 3. The number of nitrogens with zero attached hydrogens (tertiary/aromatic N) is 3. The largest absolute Gasteiger partial charge is 0.406 e. The third kappa shape index (κ3) is 4.60. The molecule has 0 bridgehead atoms. The Morgan fingerprint density at radius 3 is 2.56 bits per heavy atom. The molecule has 5 nitrogen and oxygen atoms in total. The number of carbonyl (C=O) groups excluding carboxylic acids is 1. The van der Waals surface area contributed by atoms with Crippen molar-refractivity contribution in [2.24, 2.45) is 0 Å². The minimum Gasteiger partial charge on any atom is -0.359 e. The maximum absolute atomic E-state index is 12.4. The van der Waals surface area contributed by atoms with Crippen molar-refractivity contribution in [1.29, 1.82) is 0 Å². The van der Waals surface area contributed by atoms with Crippen molar-refractivity contribution < 1.29 is 22.5 Å². The number of rotatable bonds is 4. The number of aryl methyl sites for hydroxylation is 1. The van der Waals surface area contributed by atoms with Crippen LogP contribution in [0.4, 0.5) is 13.2 Å². The standard InChI is InChI=1S/C17H18F3N3O2/c1-12-2-4-13(5-3-12)15-8-14(25-21-15)9-22-6-7-23(16(24)10-22)11-17(18,19)20/h2-5,8H,6-7,9-11H2,1H3. The number of alkyl halides is 3. The fourth-order valence-electron chi connectivity index (χ4n) is 2.74. The van der Waals surface area contributed by atoms with Crippen molar-refractivity contribution in [2.45, 2.75) is 19.6 Å². The molecular weight excluding hydrogens is 335 g/mol. The Bertz CT molecular complexity index is 740. The van der Waals surface area contributed by atoms with Crippen LogP contribution in [0.1, 0.15) is 11.3 Å². The molecule has 0 radical (unpaired) electrons. The van der Waals surface area contributed by atoms with Crippen LogP contribution in [-0.4, -0.2) is 53.2 Å². The van der Waals surface area contributed by atoms with E-state index >= 15 is 0 Å². The van der Waals surface area contributed by atoms with Gasteiger partial charge in [-0.3, -0.25) is 9.69 Å². The smallest absolute Gasteiger partial charge is 0.359 e. The number of amides is 1. The maximum atomic E-state index is 12.4. The normalized spacial score (nSPS) is 16.5.